The van der Waals surface area contributed by atoms with Crippen molar-refractivity contribution in [2.75, 3.05) is 25.6 Å². The summed E-state index contributed by atoms with van der Waals surface area (Å²) in [6.07, 6.45) is 4.10. The number of nitrogens with one attached hydrogen (secondary N) is 1. The molecule has 20 heavy (non-hydrogen) atoms. The van der Waals surface area contributed by atoms with Crippen LogP contribution in [-0.2, 0) is 9.47 Å². The van der Waals surface area contributed by atoms with Gasteiger partial charge in [0.1, 0.15) is 0 Å². The van der Waals surface area contributed by atoms with Gasteiger partial charge in [0.05, 0.1) is 23.9 Å². The zero-order valence-electron chi connectivity index (χ0n) is 13.3. The van der Waals surface area contributed by atoms with Crippen molar-refractivity contribution in [2.45, 2.75) is 58.2 Å². The molecule has 0 amide bonds. The molecule has 0 radical (unpaired) electrons. The molecule has 0 aromatic carbocycles. The third-order valence-corrected chi connectivity index (χ3v) is 3.77. The van der Waals surface area contributed by atoms with Gasteiger partial charge in [-0.3, -0.25) is 0 Å². The lowest BCUT2D eigenvalue weighted by Gasteiger charge is -2.36. The highest BCUT2D eigenvalue weighted by atomic mass is 16.5. The van der Waals surface area contributed by atoms with Crippen LogP contribution >= 0.6 is 0 Å². The first-order chi connectivity index (χ1) is 9.41. The quantitative estimate of drug-likeness (QED) is 0.901. The molecule has 114 valence electrons. The minimum Gasteiger partial charge on any atom is -0.383 e. The highest BCUT2D eigenvalue weighted by Crippen LogP contribution is 2.27. The van der Waals surface area contributed by atoms with Gasteiger partial charge in [-0.1, -0.05) is 0 Å². The number of methoxy groups -OCH3 is 1. The van der Waals surface area contributed by atoms with Crippen LogP contribution in [0.15, 0.2) is 6.20 Å². The molecule has 1 aromatic heterocycles. The molecule has 5 heteroatoms. The molecule has 0 saturated carbocycles. The van der Waals surface area contributed by atoms with Gasteiger partial charge in [-0.2, -0.15) is 0 Å². The van der Waals surface area contributed by atoms with E-state index in [9.17, 15) is 0 Å². The van der Waals surface area contributed by atoms with E-state index in [-0.39, 0.29) is 11.6 Å². The van der Waals surface area contributed by atoms with E-state index in [4.69, 9.17) is 9.47 Å². The predicted octanol–water partition coefficient (Wildman–Crippen LogP) is 2.77. The van der Waals surface area contributed by atoms with E-state index in [1.165, 1.54) is 0 Å². The number of aryl methyl sites for hydroxylation is 1. The maximum absolute atomic E-state index is 5.77. The van der Waals surface area contributed by atoms with Gasteiger partial charge in [0.2, 0.25) is 5.95 Å². The molecular weight excluding hydrogens is 254 g/mol. The lowest BCUT2D eigenvalue weighted by atomic mass is 9.94. The van der Waals surface area contributed by atoms with Crippen molar-refractivity contribution in [3.8, 4) is 0 Å². The fourth-order valence-electron chi connectivity index (χ4n) is 2.82. The molecule has 0 bridgehead atoms. The number of aromatic nitrogens is 2. The average Bonchev–Trinajstić information content (AvgIpc) is 2.69. The standard InChI is InChI=1S/C15H27N3O2/c1-11-9-18(12(2)10-19-5)14(16-11)17-13-6-7-20-15(3,4)8-13/h9,12-13H,6-8,10H2,1-5H3,(H,16,17). The molecular formula is C15H27N3O2. The van der Waals surface area contributed by atoms with Gasteiger partial charge in [-0.05, 0) is 40.5 Å². The second kappa shape index (κ2) is 6.14. The molecule has 1 fully saturated rings. The van der Waals surface area contributed by atoms with Gasteiger partial charge < -0.3 is 19.4 Å². The molecule has 2 unspecified atom stereocenters. The van der Waals surface area contributed by atoms with E-state index in [1.54, 1.807) is 7.11 Å². The van der Waals surface area contributed by atoms with E-state index >= 15 is 0 Å². The maximum atomic E-state index is 5.77. The highest BCUT2D eigenvalue weighted by molar-refractivity contribution is 5.31. The van der Waals surface area contributed by atoms with Gasteiger partial charge in [0, 0.05) is 26.0 Å². The summed E-state index contributed by atoms with van der Waals surface area (Å²) in [5, 5.41) is 3.58. The molecule has 2 rings (SSSR count). The Morgan fingerprint density at radius 3 is 3.00 bits per heavy atom. The summed E-state index contributed by atoms with van der Waals surface area (Å²) in [5.74, 6) is 0.940. The van der Waals surface area contributed by atoms with Crippen molar-refractivity contribution >= 4 is 5.95 Å². The number of ether oxygens (including phenoxy) is 2. The topological polar surface area (TPSA) is 48.3 Å². The number of nitrogens with zero attached hydrogens (tertiary/aromatic N) is 2. The van der Waals surface area contributed by atoms with Crippen molar-refractivity contribution < 1.29 is 9.47 Å². The van der Waals surface area contributed by atoms with Gasteiger partial charge in [0.25, 0.3) is 0 Å². The summed E-state index contributed by atoms with van der Waals surface area (Å²) < 4.78 is 13.2. The average molecular weight is 281 g/mol. The van der Waals surface area contributed by atoms with Crippen molar-refractivity contribution in [3.63, 3.8) is 0 Å². The molecule has 1 N–H and O–H groups in total. The Balaban J connectivity index is 2.09. The van der Waals surface area contributed by atoms with Crippen LogP contribution in [0.2, 0.25) is 0 Å². The zero-order chi connectivity index (χ0) is 14.8. The fourth-order valence-corrected chi connectivity index (χ4v) is 2.82. The smallest absolute Gasteiger partial charge is 0.203 e. The van der Waals surface area contributed by atoms with Crippen molar-refractivity contribution in [3.05, 3.63) is 11.9 Å². The van der Waals surface area contributed by atoms with Crippen molar-refractivity contribution in [1.82, 2.24) is 9.55 Å². The summed E-state index contributed by atoms with van der Waals surface area (Å²) >= 11 is 0. The van der Waals surface area contributed by atoms with E-state index in [0.29, 0.717) is 12.6 Å². The molecule has 1 aromatic rings. The Hall–Kier alpha value is -1.07. The molecule has 2 atom stereocenters. The highest BCUT2D eigenvalue weighted by Gasteiger charge is 2.29. The molecule has 2 heterocycles. The second-order valence-corrected chi connectivity index (χ2v) is 6.36. The largest absolute Gasteiger partial charge is 0.383 e. The Bertz CT molecular complexity index is 442. The third kappa shape index (κ3) is 3.73. The maximum Gasteiger partial charge on any atom is 0.203 e. The third-order valence-electron chi connectivity index (χ3n) is 3.77. The van der Waals surface area contributed by atoms with Gasteiger partial charge in [-0.25, -0.2) is 4.98 Å². The Labute approximate surface area is 121 Å². The summed E-state index contributed by atoms with van der Waals surface area (Å²) in [7, 11) is 1.73. The molecule has 1 aliphatic heterocycles. The van der Waals surface area contributed by atoms with E-state index in [1.807, 2.05) is 6.92 Å². The number of hydrogen-bond acceptors (Lipinski definition) is 4. The number of rotatable bonds is 5. The van der Waals surface area contributed by atoms with E-state index in [0.717, 1.165) is 31.1 Å². The van der Waals surface area contributed by atoms with E-state index in [2.05, 4.69) is 41.8 Å². The van der Waals surface area contributed by atoms with Crippen LogP contribution in [0.1, 0.15) is 45.3 Å². The minimum atomic E-state index is -0.0550. The number of imidazole rings is 1. The van der Waals surface area contributed by atoms with Crippen LogP contribution in [0.5, 0.6) is 0 Å². The van der Waals surface area contributed by atoms with Crippen LogP contribution in [0, 0.1) is 6.92 Å². The first kappa shape index (κ1) is 15.3. The predicted molar refractivity (Wildman–Crippen MR) is 80.2 cm³/mol. The van der Waals surface area contributed by atoms with Gasteiger partial charge >= 0.3 is 0 Å². The fraction of sp³-hybridized carbons (Fsp3) is 0.800. The molecule has 0 aliphatic carbocycles. The number of anilines is 1. The normalized spacial score (nSPS) is 23.6. The molecule has 5 nitrogen and oxygen atoms in total. The first-order valence-electron chi connectivity index (χ1n) is 7.36. The summed E-state index contributed by atoms with van der Waals surface area (Å²) in [5.41, 5.74) is 0.974. The number of hydrogen-bond donors (Lipinski definition) is 1. The summed E-state index contributed by atoms with van der Waals surface area (Å²) in [6, 6.07) is 0.686. The van der Waals surface area contributed by atoms with Crippen molar-refractivity contribution in [1.29, 1.82) is 0 Å². The van der Waals surface area contributed by atoms with Crippen LogP contribution in [0.25, 0.3) is 0 Å². The first-order valence-corrected chi connectivity index (χ1v) is 7.36. The molecule has 0 spiro atoms. The Kier molecular flexibility index (Phi) is 4.70. The summed E-state index contributed by atoms with van der Waals surface area (Å²) in [6.45, 7) is 9.94. The molecule has 1 aliphatic rings. The lowest BCUT2D eigenvalue weighted by molar-refractivity contribution is -0.0554. The lowest BCUT2D eigenvalue weighted by Crippen LogP contribution is -2.40. The SMILES string of the molecule is COCC(C)n1cc(C)nc1NC1CCOC(C)(C)C1. The zero-order valence-corrected chi connectivity index (χ0v) is 13.3. The van der Waals surface area contributed by atoms with Crippen LogP contribution in [0.3, 0.4) is 0 Å². The monoisotopic (exact) mass is 281 g/mol. The Morgan fingerprint density at radius 2 is 2.35 bits per heavy atom. The summed E-state index contributed by atoms with van der Waals surface area (Å²) in [4.78, 5) is 4.61. The van der Waals surface area contributed by atoms with Gasteiger partial charge in [-0.15, -0.1) is 0 Å². The van der Waals surface area contributed by atoms with E-state index < -0.39 is 0 Å². The van der Waals surface area contributed by atoms with Crippen molar-refractivity contribution in [2.24, 2.45) is 0 Å². The molecule has 1 saturated heterocycles. The van der Waals surface area contributed by atoms with Crippen LogP contribution in [0.4, 0.5) is 5.95 Å². The Morgan fingerprint density at radius 1 is 1.60 bits per heavy atom. The van der Waals surface area contributed by atoms with Crippen LogP contribution in [-0.4, -0.2) is 41.5 Å². The van der Waals surface area contributed by atoms with Crippen LogP contribution < -0.4 is 5.32 Å². The van der Waals surface area contributed by atoms with Gasteiger partial charge in [0.15, 0.2) is 0 Å². The second-order valence-electron chi connectivity index (χ2n) is 6.36. The minimum absolute atomic E-state index is 0.0550.